The van der Waals surface area contributed by atoms with Gasteiger partial charge in [0.15, 0.2) is 0 Å². The van der Waals surface area contributed by atoms with Gasteiger partial charge in [0.25, 0.3) is 5.92 Å². The van der Waals surface area contributed by atoms with Gasteiger partial charge in [-0.05, 0) is 45.2 Å². The zero-order chi connectivity index (χ0) is 17.9. The molecular weight excluding hydrogens is 361 g/mol. The molecular formula is C16H18Cl2F2N2O2. The van der Waals surface area contributed by atoms with E-state index in [1.807, 2.05) is 0 Å². The van der Waals surface area contributed by atoms with Crippen molar-refractivity contribution in [3.63, 3.8) is 0 Å². The molecule has 2 atom stereocenters. The van der Waals surface area contributed by atoms with E-state index in [1.54, 1.807) is 20.8 Å². The Bertz CT molecular complexity index is 673. The second kappa shape index (κ2) is 5.43. The fourth-order valence-electron chi connectivity index (χ4n) is 3.37. The largest absolute Gasteiger partial charge is 0.444 e. The molecule has 0 unspecified atom stereocenters. The Kier molecular flexibility index (Phi) is 4.00. The standard InChI is InChI=1S/C16H18Cl2F2N2O2/c1-14(2,3)24-13(23)22-7-10-6-15(10,8-22)16(19,20)9-4-11(17)21-12(18)5-9/h4-5,10H,6-8H2,1-3H3/t10-,15-/m1/s1. The average Bonchev–Trinajstić information content (AvgIpc) is 2.99. The van der Waals surface area contributed by atoms with Crippen LogP contribution in [-0.2, 0) is 10.7 Å². The molecule has 1 aromatic heterocycles. The summed E-state index contributed by atoms with van der Waals surface area (Å²) in [6, 6.07) is 2.27. The van der Waals surface area contributed by atoms with E-state index in [0.717, 1.165) is 12.1 Å². The number of alkyl halides is 2. The number of hydrogen-bond acceptors (Lipinski definition) is 3. The summed E-state index contributed by atoms with van der Waals surface area (Å²) in [5, 5.41) is -0.152. The Hall–Kier alpha value is -1.14. The maximum atomic E-state index is 15.1. The lowest BCUT2D eigenvalue weighted by Crippen LogP contribution is -2.40. The van der Waals surface area contributed by atoms with Crippen molar-refractivity contribution in [3.8, 4) is 0 Å². The third-order valence-corrected chi connectivity index (χ3v) is 4.94. The van der Waals surface area contributed by atoms with Gasteiger partial charge in [0.05, 0.1) is 5.41 Å². The molecule has 1 aliphatic carbocycles. The van der Waals surface area contributed by atoms with E-state index in [0.29, 0.717) is 6.42 Å². The maximum absolute atomic E-state index is 15.1. The van der Waals surface area contributed by atoms with Gasteiger partial charge in [0.2, 0.25) is 0 Å². The molecule has 3 rings (SSSR count). The van der Waals surface area contributed by atoms with Crippen molar-refractivity contribution in [2.45, 2.75) is 38.7 Å². The van der Waals surface area contributed by atoms with Crippen molar-refractivity contribution in [1.29, 1.82) is 0 Å². The van der Waals surface area contributed by atoms with Crippen LogP contribution in [0.15, 0.2) is 12.1 Å². The SMILES string of the molecule is CC(C)(C)OC(=O)N1C[C@H]2C[C@@]2(C(F)(F)c2cc(Cl)nc(Cl)c2)C1. The van der Waals surface area contributed by atoms with Gasteiger partial charge < -0.3 is 9.64 Å². The van der Waals surface area contributed by atoms with Gasteiger partial charge >= 0.3 is 6.09 Å². The van der Waals surface area contributed by atoms with E-state index in [-0.39, 0.29) is 34.9 Å². The summed E-state index contributed by atoms with van der Waals surface area (Å²) < 4.78 is 35.5. The Morgan fingerprint density at radius 3 is 2.46 bits per heavy atom. The van der Waals surface area contributed by atoms with Crippen LogP contribution >= 0.6 is 23.2 Å². The van der Waals surface area contributed by atoms with Crippen LogP contribution in [0.2, 0.25) is 10.3 Å². The lowest BCUT2D eigenvalue weighted by Gasteiger charge is -2.29. The monoisotopic (exact) mass is 378 g/mol. The summed E-state index contributed by atoms with van der Waals surface area (Å²) in [6.07, 6.45) is -0.202. The van der Waals surface area contributed by atoms with Crippen molar-refractivity contribution < 1.29 is 18.3 Å². The van der Waals surface area contributed by atoms with Crippen LogP contribution in [0.3, 0.4) is 0 Å². The van der Waals surface area contributed by atoms with Crippen LogP contribution in [0, 0.1) is 11.3 Å². The molecule has 2 heterocycles. The van der Waals surface area contributed by atoms with Crippen LogP contribution in [0.5, 0.6) is 0 Å². The highest BCUT2D eigenvalue weighted by Gasteiger charge is 2.73. The number of halogens is 4. The molecule has 2 fully saturated rings. The van der Waals surface area contributed by atoms with Gasteiger partial charge in [-0.1, -0.05) is 23.2 Å². The Morgan fingerprint density at radius 1 is 1.33 bits per heavy atom. The van der Waals surface area contributed by atoms with Gasteiger partial charge in [0.1, 0.15) is 15.9 Å². The second-order valence-electron chi connectivity index (χ2n) is 7.49. The van der Waals surface area contributed by atoms with Crippen molar-refractivity contribution in [2.24, 2.45) is 11.3 Å². The second-order valence-corrected chi connectivity index (χ2v) is 8.27. The lowest BCUT2D eigenvalue weighted by molar-refractivity contribution is -0.0835. The molecule has 0 aromatic carbocycles. The van der Waals surface area contributed by atoms with Gasteiger partial charge in [-0.15, -0.1) is 0 Å². The molecule has 1 saturated carbocycles. The zero-order valence-corrected chi connectivity index (χ0v) is 15.1. The molecule has 8 heteroatoms. The first kappa shape index (κ1) is 17.7. The van der Waals surface area contributed by atoms with E-state index in [9.17, 15) is 4.79 Å². The smallest absolute Gasteiger partial charge is 0.410 e. The number of piperidine rings is 1. The number of carbonyl (C=O) groups is 1. The summed E-state index contributed by atoms with van der Waals surface area (Å²) in [7, 11) is 0. The highest BCUT2D eigenvalue weighted by molar-refractivity contribution is 6.32. The molecule has 0 spiro atoms. The molecule has 2 aliphatic rings. The van der Waals surface area contributed by atoms with E-state index in [2.05, 4.69) is 4.98 Å². The molecule has 24 heavy (non-hydrogen) atoms. The van der Waals surface area contributed by atoms with Crippen molar-refractivity contribution in [2.75, 3.05) is 13.1 Å². The minimum atomic E-state index is -3.15. The fourth-order valence-corrected chi connectivity index (χ4v) is 3.83. The van der Waals surface area contributed by atoms with Crippen LogP contribution in [-0.4, -0.2) is 34.7 Å². The zero-order valence-electron chi connectivity index (χ0n) is 13.6. The van der Waals surface area contributed by atoms with Crippen LogP contribution in [0.1, 0.15) is 32.8 Å². The molecule has 4 nitrogen and oxygen atoms in total. The van der Waals surface area contributed by atoms with E-state index in [1.165, 1.54) is 4.90 Å². The molecule has 0 radical (unpaired) electrons. The number of fused-ring (bicyclic) bond motifs is 1. The number of likely N-dealkylation sites (tertiary alicyclic amines) is 1. The number of aromatic nitrogens is 1. The van der Waals surface area contributed by atoms with Crippen LogP contribution in [0.25, 0.3) is 0 Å². The van der Waals surface area contributed by atoms with Gasteiger partial charge in [-0.25, -0.2) is 18.6 Å². The molecule has 1 saturated heterocycles. The number of nitrogens with zero attached hydrogens (tertiary/aromatic N) is 2. The maximum Gasteiger partial charge on any atom is 0.410 e. The first-order valence-corrected chi connectivity index (χ1v) is 8.39. The number of ether oxygens (including phenoxy) is 1. The minimum absolute atomic E-state index is 0.0445. The molecule has 0 bridgehead atoms. The average molecular weight is 379 g/mol. The first-order chi connectivity index (χ1) is 10.9. The van der Waals surface area contributed by atoms with Gasteiger partial charge in [0, 0.05) is 18.7 Å². The summed E-state index contributed by atoms with van der Waals surface area (Å²) >= 11 is 11.5. The van der Waals surface area contributed by atoms with Crippen molar-refractivity contribution in [1.82, 2.24) is 9.88 Å². The third kappa shape index (κ3) is 2.94. The Labute approximate surface area is 149 Å². The summed E-state index contributed by atoms with van der Waals surface area (Å²) in [5.41, 5.74) is -2.20. The quantitative estimate of drug-likeness (QED) is 0.698. The van der Waals surface area contributed by atoms with Crippen molar-refractivity contribution in [3.05, 3.63) is 28.0 Å². The normalized spacial score (nSPS) is 26.3. The Morgan fingerprint density at radius 2 is 1.92 bits per heavy atom. The minimum Gasteiger partial charge on any atom is -0.444 e. The summed E-state index contributed by atoms with van der Waals surface area (Å²) in [5.74, 6) is -3.41. The van der Waals surface area contributed by atoms with E-state index < -0.39 is 23.0 Å². The third-order valence-electron chi connectivity index (χ3n) is 4.55. The number of carbonyl (C=O) groups excluding carboxylic acids is 1. The summed E-state index contributed by atoms with van der Waals surface area (Å²) in [6.45, 7) is 5.46. The predicted molar refractivity (Wildman–Crippen MR) is 86.5 cm³/mol. The summed E-state index contributed by atoms with van der Waals surface area (Å²) in [4.78, 5) is 17.2. The number of rotatable bonds is 2. The molecule has 0 N–H and O–H groups in total. The molecule has 132 valence electrons. The molecule has 1 amide bonds. The van der Waals surface area contributed by atoms with Crippen molar-refractivity contribution >= 4 is 29.3 Å². The molecule has 1 aliphatic heterocycles. The molecule has 1 aromatic rings. The fraction of sp³-hybridized carbons (Fsp3) is 0.625. The first-order valence-electron chi connectivity index (χ1n) is 7.64. The van der Waals surface area contributed by atoms with Crippen LogP contribution in [0.4, 0.5) is 13.6 Å². The number of hydrogen-bond donors (Lipinski definition) is 0. The number of amides is 1. The predicted octanol–water partition coefficient (Wildman–Crippen LogP) is 4.74. The lowest BCUT2D eigenvalue weighted by atomic mass is 9.91. The Balaban J connectivity index is 1.81. The van der Waals surface area contributed by atoms with E-state index in [4.69, 9.17) is 27.9 Å². The number of pyridine rings is 1. The topological polar surface area (TPSA) is 42.4 Å². The highest BCUT2D eigenvalue weighted by Crippen LogP contribution is 2.69. The van der Waals surface area contributed by atoms with E-state index >= 15 is 8.78 Å². The van der Waals surface area contributed by atoms with Crippen LogP contribution < -0.4 is 0 Å². The van der Waals surface area contributed by atoms with Gasteiger partial charge in [-0.2, -0.15) is 0 Å². The van der Waals surface area contributed by atoms with Gasteiger partial charge in [-0.3, -0.25) is 0 Å². The highest BCUT2D eigenvalue weighted by atomic mass is 35.5.